The van der Waals surface area contributed by atoms with Crippen LogP contribution < -0.4 is 5.73 Å². The molecule has 0 aromatic heterocycles. The second-order valence-electron chi connectivity index (χ2n) is 4.62. The summed E-state index contributed by atoms with van der Waals surface area (Å²) in [5.41, 5.74) is 7.70. The fourth-order valence-corrected chi connectivity index (χ4v) is 1.34. The van der Waals surface area contributed by atoms with Gasteiger partial charge < -0.3 is 10.8 Å². The fraction of sp³-hybridized carbons (Fsp3) is 0.500. The van der Waals surface area contributed by atoms with Gasteiger partial charge in [0, 0.05) is 6.54 Å². The Balaban J connectivity index is 2.89. The monoisotopic (exact) mass is 193 g/mol. The molecular formula is C12H19NO. The third kappa shape index (κ3) is 2.56. The van der Waals surface area contributed by atoms with Gasteiger partial charge in [0.25, 0.3) is 0 Å². The van der Waals surface area contributed by atoms with Crippen molar-refractivity contribution in [3.8, 4) is 0 Å². The van der Waals surface area contributed by atoms with E-state index in [1.807, 2.05) is 24.3 Å². The molecule has 1 aromatic rings. The number of aliphatic hydroxyl groups is 1. The normalized spacial score (nSPS) is 14.1. The van der Waals surface area contributed by atoms with Gasteiger partial charge in [0.1, 0.15) is 0 Å². The smallest absolute Gasteiger partial charge is 0.0912 e. The minimum atomic E-state index is -0.538. The largest absolute Gasteiger partial charge is 0.387 e. The third-order valence-electron chi connectivity index (χ3n) is 2.38. The van der Waals surface area contributed by atoms with Crippen LogP contribution in [0.2, 0.25) is 0 Å². The van der Waals surface area contributed by atoms with Crippen LogP contribution in [0.5, 0.6) is 0 Å². The van der Waals surface area contributed by atoms with Crippen LogP contribution in [-0.4, -0.2) is 11.7 Å². The average Bonchev–Trinajstić information content (AvgIpc) is 2.15. The maximum Gasteiger partial charge on any atom is 0.0912 e. The van der Waals surface area contributed by atoms with Crippen LogP contribution in [0, 0.1) is 0 Å². The molecule has 2 nitrogen and oxygen atoms in total. The molecule has 0 saturated heterocycles. The zero-order chi connectivity index (χ0) is 10.8. The summed E-state index contributed by atoms with van der Waals surface area (Å²) in [6.07, 6.45) is -0.538. The van der Waals surface area contributed by atoms with Gasteiger partial charge in [-0.2, -0.15) is 0 Å². The molecule has 0 fully saturated rings. The van der Waals surface area contributed by atoms with Gasteiger partial charge in [0.05, 0.1) is 6.10 Å². The molecule has 1 unspecified atom stereocenters. The fourth-order valence-electron chi connectivity index (χ4n) is 1.34. The average molecular weight is 193 g/mol. The lowest BCUT2D eigenvalue weighted by Gasteiger charge is -2.19. The van der Waals surface area contributed by atoms with E-state index in [4.69, 9.17) is 5.73 Å². The van der Waals surface area contributed by atoms with E-state index < -0.39 is 6.10 Å². The molecule has 0 bridgehead atoms. The lowest BCUT2D eigenvalue weighted by molar-refractivity contribution is 0.186. The van der Waals surface area contributed by atoms with Crippen molar-refractivity contribution in [3.63, 3.8) is 0 Å². The number of benzene rings is 1. The maximum atomic E-state index is 9.50. The number of hydrogen-bond acceptors (Lipinski definition) is 2. The van der Waals surface area contributed by atoms with Crippen LogP contribution in [0.15, 0.2) is 24.3 Å². The van der Waals surface area contributed by atoms with Crippen LogP contribution >= 0.6 is 0 Å². The van der Waals surface area contributed by atoms with Crippen LogP contribution in [0.3, 0.4) is 0 Å². The van der Waals surface area contributed by atoms with Crippen molar-refractivity contribution in [2.45, 2.75) is 32.3 Å². The molecule has 0 aliphatic carbocycles. The van der Waals surface area contributed by atoms with Crippen molar-refractivity contribution < 1.29 is 5.11 Å². The van der Waals surface area contributed by atoms with Crippen molar-refractivity contribution >= 4 is 0 Å². The molecule has 1 aromatic carbocycles. The standard InChI is InChI=1S/C12H19NO/c1-12(2,3)10-6-4-9(5-7-10)11(14)8-13/h4-7,11,14H,8,13H2,1-3H3. The summed E-state index contributed by atoms with van der Waals surface area (Å²) in [5, 5.41) is 9.50. The summed E-state index contributed by atoms with van der Waals surface area (Å²) in [6.45, 7) is 6.78. The number of nitrogens with two attached hydrogens (primary N) is 1. The molecule has 1 rings (SSSR count). The highest BCUT2D eigenvalue weighted by atomic mass is 16.3. The topological polar surface area (TPSA) is 46.2 Å². The molecule has 0 aliphatic heterocycles. The first-order valence-electron chi connectivity index (χ1n) is 4.93. The van der Waals surface area contributed by atoms with Gasteiger partial charge in [0.2, 0.25) is 0 Å². The van der Waals surface area contributed by atoms with Crippen LogP contribution in [-0.2, 0) is 5.41 Å². The van der Waals surface area contributed by atoms with Gasteiger partial charge >= 0.3 is 0 Å². The second-order valence-corrected chi connectivity index (χ2v) is 4.62. The molecular weight excluding hydrogens is 174 g/mol. The molecule has 0 heterocycles. The van der Waals surface area contributed by atoms with E-state index in [0.29, 0.717) is 0 Å². The molecule has 14 heavy (non-hydrogen) atoms. The molecule has 0 spiro atoms. The Kier molecular flexibility index (Phi) is 3.29. The molecule has 0 saturated carbocycles. The predicted octanol–water partition coefficient (Wildman–Crippen LogP) is 1.98. The van der Waals surface area contributed by atoms with Gasteiger partial charge in [-0.3, -0.25) is 0 Å². The Morgan fingerprint density at radius 3 is 2.07 bits per heavy atom. The second kappa shape index (κ2) is 4.11. The van der Waals surface area contributed by atoms with Crippen molar-refractivity contribution in [1.82, 2.24) is 0 Å². The number of hydrogen-bond donors (Lipinski definition) is 2. The SMILES string of the molecule is CC(C)(C)c1ccc(C(O)CN)cc1. The predicted molar refractivity (Wildman–Crippen MR) is 59.2 cm³/mol. The summed E-state index contributed by atoms with van der Waals surface area (Å²) >= 11 is 0. The van der Waals surface area contributed by atoms with Crippen LogP contribution in [0.1, 0.15) is 38.0 Å². The van der Waals surface area contributed by atoms with E-state index >= 15 is 0 Å². The van der Waals surface area contributed by atoms with Gasteiger partial charge in [-0.25, -0.2) is 0 Å². The van der Waals surface area contributed by atoms with Crippen LogP contribution in [0.25, 0.3) is 0 Å². The van der Waals surface area contributed by atoms with E-state index in [-0.39, 0.29) is 12.0 Å². The molecule has 1 atom stereocenters. The molecule has 78 valence electrons. The zero-order valence-electron chi connectivity index (χ0n) is 9.12. The van der Waals surface area contributed by atoms with Crippen LogP contribution in [0.4, 0.5) is 0 Å². The third-order valence-corrected chi connectivity index (χ3v) is 2.38. The maximum absolute atomic E-state index is 9.50. The Hall–Kier alpha value is -0.860. The van der Waals surface area contributed by atoms with Gasteiger partial charge in [0.15, 0.2) is 0 Å². The highest BCUT2D eigenvalue weighted by molar-refractivity contribution is 5.28. The minimum Gasteiger partial charge on any atom is -0.387 e. The first-order valence-corrected chi connectivity index (χ1v) is 4.93. The van der Waals surface area contributed by atoms with Crippen molar-refractivity contribution in [3.05, 3.63) is 35.4 Å². The lowest BCUT2D eigenvalue weighted by atomic mass is 9.86. The van der Waals surface area contributed by atoms with E-state index in [0.717, 1.165) is 5.56 Å². The van der Waals surface area contributed by atoms with Crippen molar-refractivity contribution in [2.75, 3.05) is 6.54 Å². The van der Waals surface area contributed by atoms with Crippen molar-refractivity contribution in [2.24, 2.45) is 5.73 Å². The quantitative estimate of drug-likeness (QED) is 0.754. The molecule has 3 N–H and O–H groups in total. The molecule has 0 radical (unpaired) electrons. The Bertz CT molecular complexity index is 284. The van der Waals surface area contributed by atoms with E-state index in [1.54, 1.807) is 0 Å². The Morgan fingerprint density at radius 2 is 1.71 bits per heavy atom. The van der Waals surface area contributed by atoms with E-state index in [9.17, 15) is 5.11 Å². The summed E-state index contributed by atoms with van der Waals surface area (Å²) in [6, 6.07) is 7.98. The van der Waals surface area contributed by atoms with Gasteiger partial charge in [-0.05, 0) is 16.5 Å². The molecule has 2 heteroatoms. The first-order chi connectivity index (χ1) is 6.45. The lowest BCUT2D eigenvalue weighted by Crippen LogP contribution is -2.13. The zero-order valence-corrected chi connectivity index (χ0v) is 9.12. The summed E-state index contributed by atoms with van der Waals surface area (Å²) in [4.78, 5) is 0. The molecule has 0 aliphatic rings. The Labute approximate surface area is 85.8 Å². The van der Waals surface area contributed by atoms with Crippen molar-refractivity contribution in [1.29, 1.82) is 0 Å². The number of aliphatic hydroxyl groups excluding tert-OH is 1. The first kappa shape index (κ1) is 11.2. The highest BCUT2D eigenvalue weighted by Crippen LogP contribution is 2.23. The summed E-state index contributed by atoms with van der Waals surface area (Å²) in [5.74, 6) is 0. The van der Waals surface area contributed by atoms with E-state index in [2.05, 4.69) is 20.8 Å². The van der Waals surface area contributed by atoms with Gasteiger partial charge in [-0.15, -0.1) is 0 Å². The molecule has 0 amide bonds. The highest BCUT2D eigenvalue weighted by Gasteiger charge is 2.13. The number of rotatable bonds is 2. The summed E-state index contributed by atoms with van der Waals surface area (Å²) < 4.78 is 0. The summed E-state index contributed by atoms with van der Waals surface area (Å²) in [7, 11) is 0. The van der Waals surface area contributed by atoms with E-state index in [1.165, 1.54) is 5.56 Å². The minimum absolute atomic E-state index is 0.159. The Morgan fingerprint density at radius 1 is 1.21 bits per heavy atom. The van der Waals surface area contributed by atoms with Gasteiger partial charge in [-0.1, -0.05) is 45.0 Å².